The van der Waals surface area contributed by atoms with Gasteiger partial charge in [-0.05, 0) is 40.2 Å². The van der Waals surface area contributed by atoms with Crippen molar-refractivity contribution in [2.45, 2.75) is 45.3 Å². The SMILES string of the molecule is CC(C)(C)O[C@H]1CCCNC1.Cl. The lowest BCUT2D eigenvalue weighted by Gasteiger charge is -2.30. The van der Waals surface area contributed by atoms with Gasteiger partial charge < -0.3 is 10.1 Å². The summed E-state index contributed by atoms with van der Waals surface area (Å²) in [6.45, 7) is 8.52. The van der Waals surface area contributed by atoms with E-state index in [0.717, 1.165) is 13.1 Å². The van der Waals surface area contributed by atoms with Crippen LogP contribution in [-0.2, 0) is 4.74 Å². The number of piperidine rings is 1. The van der Waals surface area contributed by atoms with Crippen LogP contribution in [0.4, 0.5) is 0 Å². The number of hydrogen-bond donors (Lipinski definition) is 1. The molecule has 1 N–H and O–H groups in total. The van der Waals surface area contributed by atoms with E-state index in [4.69, 9.17) is 4.74 Å². The lowest BCUT2D eigenvalue weighted by atomic mass is 10.1. The molecule has 74 valence electrons. The van der Waals surface area contributed by atoms with E-state index in [-0.39, 0.29) is 18.0 Å². The van der Waals surface area contributed by atoms with Gasteiger partial charge in [-0.25, -0.2) is 0 Å². The molecule has 1 fully saturated rings. The van der Waals surface area contributed by atoms with Gasteiger partial charge in [-0.1, -0.05) is 0 Å². The Bertz CT molecular complexity index is 116. The van der Waals surface area contributed by atoms with Crippen molar-refractivity contribution < 1.29 is 4.74 Å². The first-order chi connectivity index (χ1) is 5.08. The number of hydrogen-bond acceptors (Lipinski definition) is 2. The van der Waals surface area contributed by atoms with Gasteiger partial charge in [0, 0.05) is 6.54 Å². The Morgan fingerprint density at radius 1 is 1.33 bits per heavy atom. The topological polar surface area (TPSA) is 21.3 Å². The minimum Gasteiger partial charge on any atom is -0.371 e. The van der Waals surface area contributed by atoms with Crippen LogP contribution in [0.1, 0.15) is 33.6 Å². The molecule has 0 aromatic rings. The lowest BCUT2D eigenvalue weighted by molar-refractivity contribution is -0.0673. The van der Waals surface area contributed by atoms with Crippen molar-refractivity contribution in [3.8, 4) is 0 Å². The van der Waals surface area contributed by atoms with Crippen LogP contribution in [0.15, 0.2) is 0 Å². The van der Waals surface area contributed by atoms with Crippen molar-refractivity contribution in [2.75, 3.05) is 13.1 Å². The standard InChI is InChI=1S/C9H19NO.ClH/c1-9(2,3)11-8-5-4-6-10-7-8;/h8,10H,4-7H2,1-3H3;1H/t8-;/m0./s1. The summed E-state index contributed by atoms with van der Waals surface area (Å²) >= 11 is 0. The quantitative estimate of drug-likeness (QED) is 0.688. The largest absolute Gasteiger partial charge is 0.371 e. The first kappa shape index (κ1) is 12.2. The molecular formula is C9H20ClNO. The van der Waals surface area contributed by atoms with Gasteiger partial charge >= 0.3 is 0 Å². The first-order valence-electron chi connectivity index (χ1n) is 4.46. The van der Waals surface area contributed by atoms with Crippen LogP contribution in [0.5, 0.6) is 0 Å². The normalized spacial score (nSPS) is 24.8. The highest BCUT2D eigenvalue weighted by Gasteiger charge is 2.20. The Balaban J connectivity index is 0.00000121. The molecule has 1 saturated heterocycles. The van der Waals surface area contributed by atoms with E-state index >= 15 is 0 Å². The van der Waals surface area contributed by atoms with Crippen LogP contribution in [0.25, 0.3) is 0 Å². The molecule has 0 saturated carbocycles. The average Bonchev–Trinajstić information content (AvgIpc) is 1.85. The van der Waals surface area contributed by atoms with E-state index in [1.54, 1.807) is 0 Å². The zero-order valence-corrected chi connectivity index (χ0v) is 9.04. The molecule has 1 rings (SSSR count). The van der Waals surface area contributed by atoms with Crippen molar-refractivity contribution in [3.63, 3.8) is 0 Å². The second kappa shape index (κ2) is 5.05. The zero-order valence-electron chi connectivity index (χ0n) is 8.22. The van der Waals surface area contributed by atoms with E-state index < -0.39 is 0 Å². The third kappa shape index (κ3) is 4.96. The van der Waals surface area contributed by atoms with Crippen LogP contribution in [0, 0.1) is 0 Å². The number of nitrogens with one attached hydrogen (secondary N) is 1. The predicted molar refractivity (Wildman–Crippen MR) is 54.0 cm³/mol. The Kier molecular flexibility index (Phi) is 5.14. The van der Waals surface area contributed by atoms with Gasteiger partial charge in [-0.2, -0.15) is 0 Å². The molecular weight excluding hydrogens is 174 g/mol. The third-order valence-electron chi connectivity index (χ3n) is 1.77. The van der Waals surface area contributed by atoms with E-state index in [9.17, 15) is 0 Å². The summed E-state index contributed by atoms with van der Waals surface area (Å²) in [6, 6.07) is 0. The van der Waals surface area contributed by atoms with Crippen molar-refractivity contribution in [1.82, 2.24) is 5.32 Å². The van der Waals surface area contributed by atoms with Crippen molar-refractivity contribution in [3.05, 3.63) is 0 Å². The van der Waals surface area contributed by atoms with Gasteiger partial charge in [0.1, 0.15) is 0 Å². The van der Waals surface area contributed by atoms with Crippen molar-refractivity contribution in [1.29, 1.82) is 0 Å². The Morgan fingerprint density at radius 2 is 2.00 bits per heavy atom. The lowest BCUT2D eigenvalue weighted by Crippen LogP contribution is -2.39. The molecule has 1 atom stereocenters. The molecule has 3 heteroatoms. The average molecular weight is 194 g/mol. The van der Waals surface area contributed by atoms with Gasteiger partial charge in [0.15, 0.2) is 0 Å². The molecule has 1 aliphatic heterocycles. The molecule has 1 aliphatic rings. The molecule has 0 aliphatic carbocycles. The fourth-order valence-corrected chi connectivity index (χ4v) is 1.42. The fraction of sp³-hybridized carbons (Fsp3) is 1.00. The molecule has 2 nitrogen and oxygen atoms in total. The van der Waals surface area contributed by atoms with Gasteiger partial charge in [0.2, 0.25) is 0 Å². The Labute approximate surface area is 81.5 Å². The maximum Gasteiger partial charge on any atom is 0.0707 e. The molecule has 0 aromatic heterocycles. The maximum atomic E-state index is 5.82. The predicted octanol–water partition coefficient (Wildman–Crippen LogP) is 1.98. The van der Waals surface area contributed by atoms with Crippen molar-refractivity contribution in [2.24, 2.45) is 0 Å². The highest BCUT2D eigenvalue weighted by molar-refractivity contribution is 5.85. The number of halogens is 1. The van der Waals surface area contributed by atoms with E-state index in [2.05, 4.69) is 26.1 Å². The maximum absolute atomic E-state index is 5.82. The highest BCUT2D eigenvalue weighted by atomic mass is 35.5. The summed E-state index contributed by atoms with van der Waals surface area (Å²) in [5.74, 6) is 0. The molecule has 0 bridgehead atoms. The summed E-state index contributed by atoms with van der Waals surface area (Å²) < 4.78 is 5.82. The van der Waals surface area contributed by atoms with E-state index in [1.165, 1.54) is 12.8 Å². The fourth-order valence-electron chi connectivity index (χ4n) is 1.42. The summed E-state index contributed by atoms with van der Waals surface area (Å²) in [5.41, 5.74) is 0.0175. The first-order valence-corrected chi connectivity index (χ1v) is 4.46. The Hall–Kier alpha value is 0.210. The summed E-state index contributed by atoms with van der Waals surface area (Å²) in [5, 5.41) is 3.33. The highest BCUT2D eigenvalue weighted by Crippen LogP contribution is 2.15. The number of rotatable bonds is 1. The van der Waals surface area contributed by atoms with Crippen LogP contribution in [0.3, 0.4) is 0 Å². The number of ether oxygens (including phenoxy) is 1. The minimum absolute atomic E-state index is 0. The minimum atomic E-state index is 0. The second-order valence-corrected chi connectivity index (χ2v) is 4.20. The van der Waals surface area contributed by atoms with E-state index in [1.807, 2.05) is 0 Å². The molecule has 0 spiro atoms. The van der Waals surface area contributed by atoms with Gasteiger partial charge in [0.05, 0.1) is 11.7 Å². The molecule has 0 aromatic carbocycles. The molecule has 12 heavy (non-hydrogen) atoms. The third-order valence-corrected chi connectivity index (χ3v) is 1.77. The monoisotopic (exact) mass is 193 g/mol. The van der Waals surface area contributed by atoms with Gasteiger partial charge in [-0.3, -0.25) is 0 Å². The summed E-state index contributed by atoms with van der Waals surface area (Å²) in [4.78, 5) is 0. The zero-order chi connectivity index (χ0) is 8.32. The molecule has 0 unspecified atom stereocenters. The summed E-state index contributed by atoms with van der Waals surface area (Å²) in [6.07, 6.45) is 2.90. The van der Waals surface area contributed by atoms with Crippen LogP contribution < -0.4 is 5.32 Å². The second-order valence-electron chi connectivity index (χ2n) is 4.20. The smallest absolute Gasteiger partial charge is 0.0707 e. The molecule has 0 radical (unpaired) electrons. The van der Waals surface area contributed by atoms with Crippen LogP contribution >= 0.6 is 12.4 Å². The Morgan fingerprint density at radius 3 is 2.42 bits per heavy atom. The van der Waals surface area contributed by atoms with Crippen LogP contribution in [0.2, 0.25) is 0 Å². The van der Waals surface area contributed by atoms with Gasteiger partial charge in [0.25, 0.3) is 0 Å². The van der Waals surface area contributed by atoms with E-state index in [0.29, 0.717) is 6.10 Å². The summed E-state index contributed by atoms with van der Waals surface area (Å²) in [7, 11) is 0. The van der Waals surface area contributed by atoms with Crippen molar-refractivity contribution >= 4 is 12.4 Å². The van der Waals surface area contributed by atoms with Crippen LogP contribution in [-0.4, -0.2) is 24.8 Å². The molecule has 0 amide bonds. The van der Waals surface area contributed by atoms with Gasteiger partial charge in [-0.15, -0.1) is 12.4 Å². The molecule has 1 heterocycles.